The average molecular weight is 319 g/mol. The van der Waals surface area contributed by atoms with Gasteiger partial charge in [0, 0.05) is 18.7 Å². The lowest BCUT2D eigenvalue weighted by atomic mass is 10.1. The van der Waals surface area contributed by atoms with E-state index in [0.29, 0.717) is 30.9 Å². The van der Waals surface area contributed by atoms with Gasteiger partial charge in [0.25, 0.3) is 5.91 Å². The number of carboxylic acid groups (broad SMARTS) is 1. The lowest BCUT2D eigenvalue weighted by Gasteiger charge is -2.21. The van der Waals surface area contributed by atoms with E-state index in [0.717, 1.165) is 25.9 Å². The van der Waals surface area contributed by atoms with Gasteiger partial charge in [-0.15, -0.1) is 0 Å². The molecule has 1 N–H and O–H groups in total. The van der Waals surface area contributed by atoms with E-state index in [2.05, 4.69) is 0 Å². The Morgan fingerprint density at radius 1 is 1.22 bits per heavy atom. The lowest BCUT2D eigenvalue weighted by molar-refractivity contribution is -0.141. The second-order valence-electron chi connectivity index (χ2n) is 5.97. The molecule has 0 aliphatic carbocycles. The molecule has 2 heterocycles. The van der Waals surface area contributed by atoms with Crippen LogP contribution in [0.25, 0.3) is 0 Å². The summed E-state index contributed by atoms with van der Waals surface area (Å²) in [6.45, 7) is 1.80. The number of nitrogens with zero attached hydrogens (tertiary/aromatic N) is 1. The predicted molar refractivity (Wildman–Crippen MR) is 82.6 cm³/mol. The molecule has 1 aromatic rings. The topological polar surface area (TPSA) is 76.1 Å². The highest BCUT2D eigenvalue weighted by atomic mass is 16.5. The van der Waals surface area contributed by atoms with Gasteiger partial charge < -0.3 is 19.5 Å². The summed E-state index contributed by atoms with van der Waals surface area (Å²) in [4.78, 5) is 25.1. The van der Waals surface area contributed by atoms with Gasteiger partial charge in [0.15, 0.2) is 0 Å². The number of hydrogen-bond donors (Lipinski definition) is 1. The molecule has 2 aliphatic rings. The van der Waals surface area contributed by atoms with Gasteiger partial charge in [-0.3, -0.25) is 4.79 Å². The summed E-state index contributed by atoms with van der Waals surface area (Å²) in [5, 5.41) is 9.17. The van der Waals surface area contributed by atoms with Gasteiger partial charge >= 0.3 is 5.97 Å². The molecule has 0 saturated carbocycles. The molecule has 2 atom stereocenters. The van der Waals surface area contributed by atoms with Gasteiger partial charge in [-0.1, -0.05) is 0 Å². The summed E-state index contributed by atoms with van der Waals surface area (Å²) >= 11 is 0. The molecular weight excluding hydrogens is 298 g/mol. The van der Waals surface area contributed by atoms with Crippen molar-refractivity contribution in [3.05, 3.63) is 29.8 Å². The average Bonchev–Trinajstić information content (AvgIpc) is 3.24. The predicted octanol–water partition coefficient (Wildman–Crippen LogP) is 1.93. The zero-order valence-corrected chi connectivity index (χ0v) is 12.9. The highest BCUT2D eigenvalue weighted by Crippen LogP contribution is 2.22. The number of ether oxygens (including phenoxy) is 2. The van der Waals surface area contributed by atoms with Gasteiger partial charge in [-0.25, -0.2) is 4.79 Å². The summed E-state index contributed by atoms with van der Waals surface area (Å²) in [5.41, 5.74) is 0.489. The van der Waals surface area contributed by atoms with E-state index in [4.69, 9.17) is 9.47 Å². The van der Waals surface area contributed by atoms with Crippen molar-refractivity contribution in [3.8, 4) is 5.75 Å². The first-order chi connectivity index (χ1) is 11.1. The van der Waals surface area contributed by atoms with E-state index in [1.165, 1.54) is 4.90 Å². The van der Waals surface area contributed by atoms with Crippen LogP contribution in [0.15, 0.2) is 24.3 Å². The van der Waals surface area contributed by atoms with Crippen LogP contribution in [-0.2, 0) is 9.53 Å². The Morgan fingerprint density at radius 3 is 2.65 bits per heavy atom. The highest BCUT2D eigenvalue weighted by molar-refractivity contribution is 5.97. The Morgan fingerprint density at radius 2 is 2.00 bits per heavy atom. The smallest absolute Gasteiger partial charge is 0.326 e. The zero-order valence-electron chi connectivity index (χ0n) is 12.9. The lowest BCUT2D eigenvalue weighted by Crippen LogP contribution is -2.40. The number of carboxylic acids is 1. The zero-order chi connectivity index (χ0) is 16.2. The van der Waals surface area contributed by atoms with Crippen LogP contribution in [0.5, 0.6) is 5.75 Å². The monoisotopic (exact) mass is 319 g/mol. The maximum Gasteiger partial charge on any atom is 0.326 e. The Balaban J connectivity index is 1.59. The number of rotatable bonds is 5. The van der Waals surface area contributed by atoms with Crippen molar-refractivity contribution >= 4 is 11.9 Å². The number of carbonyl (C=O) groups is 2. The van der Waals surface area contributed by atoms with Crippen LogP contribution in [0.2, 0.25) is 0 Å². The minimum Gasteiger partial charge on any atom is -0.491 e. The van der Waals surface area contributed by atoms with E-state index in [9.17, 15) is 14.7 Å². The molecule has 0 bridgehead atoms. The van der Waals surface area contributed by atoms with Gasteiger partial charge in [0.2, 0.25) is 0 Å². The third-order valence-corrected chi connectivity index (χ3v) is 4.36. The van der Waals surface area contributed by atoms with Gasteiger partial charge in [0.05, 0.1) is 6.10 Å². The molecular formula is C17H21NO5. The van der Waals surface area contributed by atoms with Crippen LogP contribution < -0.4 is 4.74 Å². The SMILES string of the molecule is O=C(O)[C@H]1CCCN1C(=O)c1ccc(OCC2CCCO2)cc1. The molecule has 0 radical (unpaired) electrons. The first kappa shape index (κ1) is 15.8. The van der Waals surface area contributed by atoms with Gasteiger partial charge in [0.1, 0.15) is 18.4 Å². The highest BCUT2D eigenvalue weighted by Gasteiger charge is 2.34. The fourth-order valence-corrected chi connectivity index (χ4v) is 3.09. The number of aliphatic carboxylic acids is 1. The van der Waals surface area contributed by atoms with Crippen molar-refractivity contribution in [2.45, 2.75) is 37.8 Å². The standard InChI is InChI=1S/C17H21NO5/c19-16(18-9-1-4-15(18)17(20)21)12-5-7-13(8-6-12)23-11-14-3-2-10-22-14/h5-8,14-15H,1-4,9-11H2,(H,20,21)/t14?,15-/m1/s1. The Hall–Kier alpha value is -2.08. The number of benzene rings is 1. The van der Waals surface area contributed by atoms with E-state index < -0.39 is 12.0 Å². The maximum atomic E-state index is 12.4. The van der Waals surface area contributed by atoms with Gasteiger partial charge in [-0.05, 0) is 49.9 Å². The number of hydrogen-bond acceptors (Lipinski definition) is 4. The second kappa shape index (κ2) is 7.00. The van der Waals surface area contributed by atoms with Crippen LogP contribution in [0.1, 0.15) is 36.0 Å². The molecule has 1 unspecified atom stereocenters. The largest absolute Gasteiger partial charge is 0.491 e. The molecule has 0 aromatic heterocycles. The summed E-state index contributed by atoms with van der Waals surface area (Å²) < 4.78 is 11.2. The van der Waals surface area contributed by atoms with Crippen LogP contribution >= 0.6 is 0 Å². The molecule has 1 aromatic carbocycles. The van der Waals surface area contributed by atoms with Crippen LogP contribution in [0, 0.1) is 0 Å². The Labute approximate surface area is 135 Å². The summed E-state index contributed by atoms with van der Waals surface area (Å²) in [7, 11) is 0. The molecule has 6 heteroatoms. The van der Waals surface area contributed by atoms with Crippen molar-refractivity contribution in [3.63, 3.8) is 0 Å². The molecule has 2 fully saturated rings. The van der Waals surface area contributed by atoms with E-state index >= 15 is 0 Å². The fraction of sp³-hybridized carbons (Fsp3) is 0.529. The Kier molecular flexibility index (Phi) is 4.81. The molecule has 124 valence electrons. The maximum absolute atomic E-state index is 12.4. The molecule has 0 spiro atoms. The number of likely N-dealkylation sites (tertiary alicyclic amines) is 1. The van der Waals surface area contributed by atoms with Crippen molar-refractivity contribution < 1.29 is 24.2 Å². The second-order valence-corrected chi connectivity index (χ2v) is 5.97. The van der Waals surface area contributed by atoms with Crippen molar-refractivity contribution in [1.82, 2.24) is 4.90 Å². The van der Waals surface area contributed by atoms with Crippen molar-refractivity contribution in [2.24, 2.45) is 0 Å². The molecule has 3 rings (SSSR count). The molecule has 1 amide bonds. The van der Waals surface area contributed by atoms with Crippen LogP contribution in [0.3, 0.4) is 0 Å². The minimum absolute atomic E-state index is 0.150. The quantitative estimate of drug-likeness (QED) is 0.897. The molecule has 6 nitrogen and oxygen atoms in total. The molecule has 2 aliphatic heterocycles. The number of carbonyl (C=O) groups excluding carboxylic acids is 1. The number of amides is 1. The Bertz CT molecular complexity index is 565. The summed E-state index contributed by atoms with van der Waals surface area (Å²) in [5.74, 6) is -0.485. The summed E-state index contributed by atoms with van der Waals surface area (Å²) in [6.07, 6.45) is 3.48. The van der Waals surface area contributed by atoms with E-state index in [1.807, 2.05) is 0 Å². The van der Waals surface area contributed by atoms with E-state index in [-0.39, 0.29) is 12.0 Å². The molecule has 2 saturated heterocycles. The van der Waals surface area contributed by atoms with Crippen LogP contribution in [0.4, 0.5) is 0 Å². The van der Waals surface area contributed by atoms with Crippen molar-refractivity contribution in [1.29, 1.82) is 0 Å². The van der Waals surface area contributed by atoms with Crippen molar-refractivity contribution in [2.75, 3.05) is 19.8 Å². The summed E-state index contributed by atoms with van der Waals surface area (Å²) in [6, 6.07) is 6.15. The fourth-order valence-electron chi connectivity index (χ4n) is 3.09. The third kappa shape index (κ3) is 3.64. The van der Waals surface area contributed by atoms with Crippen LogP contribution in [-0.4, -0.2) is 53.8 Å². The first-order valence-corrected chi connectivity index (χ1v) is 8.03. The minimum atomic E-state index is -0.938. The molecule has 23 heavy (non-hydrogen) atoms. The third-order valence-electron chi connectivity index (χ3n) is 4.36. The normalized spacial score (nSPS) is 23.9. The first-order valence-electron chi connectivity index (χ1n) is 8.03. The van der Waals surface area contributed by atoms with E-state index in [1.54, 1.807) is 24.3 Å². The van der Waals surface area contributed by atoms with Gasteiger partial charge in [-0.2, -0.15) is 0 Å².